The van der Waals surface area contributed by atoms with Gasteiger partial charge in [0.15, 0.2) is 0 Å². The fourth-order valence-electron chi connectivity index (χ4n) is 0.611. The third-order valence-electron chi connectivity index (χ3n) is 1.10. The Morgan fingerprint density at radius 3 is 2.33 bits per heavy atom. The molecule has 0 heterocycles. The fourth-order valence-corrected chi connectivity index (χ4v) is 0.865. The van der Waals surface area contributed by atoms with Crippen LogP contribution in [0.2, 0.25) is 0 Å². The smallest absolute Gasteiger partial charge is 0.247 e. The molecule has 4 N–H and O–H groups in total. The molecule has 70 valence electrons. The zero-order valence-corrected chi connectivity index (χ0v) is 8.61. The van der Waals surface area contributed by atoms with Crippen molar-refractivity contribution in [1.82, 2.24) is 0 Å². The second-order valence-corrected chi connectivity index (χ2v) is 3.20. The average molecular weight is 286 g/mol. The highest BCUT2D eigenvalue weighted by Gasteiger charge is 2.17. The van der Waals surface area contributed by atoms with Gasteiger partial charge < -0.3 is 16.2 Å². The van der Waals surface area contributed by atoms with Gasteiger partial charge in [-0.1, -0.05) is 22.6 Å². The van der Waals surface area contributed by atoms with Gasteiger partial charge >= 0.3 is 0 Å². The number of alkyl halides is 1. The molecule has 1 atom stereocenters. The maximum Gasteiger partial charge on any atom is 0.247 e. The Labute approximate surface area is 83.9 Å². The first-order valence-electron chi connectivity index (χ1n) is 3.33. The van der Waals surface area contributed by atoms with E-state index >= 15 is 0 Å². The standard InChI is InChI=1S/C6H11IN2O3/c7-1-2-12-4(6(9)11)3-5(8)10/h4H,1-3H2,(H2,8,10)(H2,9,11). The van der Waals surface area contributed by atoms with Crippen LogP contribution < -0.4 is 11.5 Å². The fraction of sp³-hybridized carbons (Fsp3) is 0.667. The van der Waals surface area contributed by atoms with Crippen LogP contribution in [0.5, 0.6) is 0 Å². The molecule has 0 fully saturated rings. The third kappa shape index (κ3) is 5.30. The van der Waals surface area contributed by atoms with E-state index in [1.54, 1.807) is 0 Å². The van der Waals surface area contributed by atoms with Gasteiger partial charge in [0.1, 0.15) is 6.10 Å². The van der Waals surface area contributed by atoms with Crippen LogP contribution in [0.3, 0.4) is 0 Å². The first-order valence-corrected chi connectivity index (χ1v) is 4.85. The van der Waals surface area contributed by atoms with Crippen LogP contribution in [0, 0.1) is 0 Å². The number of hydrogen-bond acceptors (Lipinski definition) is 3. The van der Waals surface area contributed by atoms with E-state index in [1.165, 1.54) is 0 Å². The topological polar surface area (TPSA) is 95.4 Å². The van der Waals surface area contributed by atoms with E-state index in [9.17, 15) is 9.59 Å². The first-order chi connectivity index (χ1) is 5.57. The van der Waals surface area contributed by atoms with Crippen LogP contribution in [0.15, 0.2) is 0 Å². The van der Waals surface area contributed by atoms with Crippen molar-refractivity contribution >= 4 is 34.4 Å². The molecule has 0 aromatic heterocycles. The number of primary amides is 2. The summed E-state index contributed by atoms with van der Waals surface area (Å²) in [6.45, 7) is 0.390. The number of nitrogens with two attached hydrogens (primary N) is 2. The van der Waals surface area contributed by atoms with Gasteiger partial charge in [0.05, 0.1) is 13.0 Å². The lowest BCUT2D eigenvalue weighted by atomic mass is 10.2. The lowest BCUT2D eigenvalue weighted by Gasteiger charge is -2.10. The molecule has 0 rings (SSSR count). The molecule has 0 saturated heterocycles. The number of hydrogen-bond donors (Lipinski definition) is 2. The van der Waals surface area contributed by atoms with E-state index < -0.39 is 17.9 Å². The summed E-state index contributed by atoms with van der Waals surface area (Å²) in [6, 6.07) is 0. The molecule has 0 aliphatic rings. The molecule has 1 unspecified atom stereocenters. The number of halogens is 1. The lowest BCUT2D eigenvalue weighted by Crippen LogP contribution is -2.35. The Morgan fingerprint density at radius 2 is 2.00 bits per heavy atom. The minimum Gasteiger partial charge on any atom is -0.370 e. The quantitative estimate of drug-likeness (QED) is 0.492. The largest absolute Gasteiger partial charge is 0.370 e. The molecule has 0 aromatic carbocycles. The van der Waals surface area contributed by atoms with Crippen molar-refractivity contribution < 1.29 is 14.3 Å². The van der Waals surface area contributed by atoms with E-state index in [4.69, 9.17) is 16.2 Å². The van der Waals surface area contributed by atoms with Gasteiger partial charge in [0.2, 0.25) is 11.8 Å². The van der Waals surface area contributed by atoms with Crippen molar-refractivity contribution in [3.05, 3.63) is 0 Å². The van der Waals surface area contributed by atoms with Gasteiger partial charge in [0.25, 0.3) is 0 Å². The Morgan fingerprint density at radius 1 is 1.42 bits per heavy atom. The highest BCUT2D eigenvalue weighted by Crippen LogP contribution is 1.98. The highest BCUT2D eigenvalue weighted by atomic mass is 127. The van der Waals surface area contributed by atoms with E-state index in [0.717, 1.165) is 4.43 Å². The molecule has 12 heavy (non-hydrogen) atoms. The Bertz CT molecular complexity index is 174. The van der Waals surface area contributed by atoms with E-state index in [2.05, 4.69) is 22.6 Å². The monoisotopic (exact) mass is 286 g/mol. The molecular weight excluding hydrogens is 275 g/mol. The average Bonchev–Trinajstić information content (AvgIpc) is 1.96. The molecule has 0 radical (unpaired) electrons. The summed E-state index contributed by atoms with van der Waals surface area (Å²) in [4.78, 5) is 21.0. The normalized spacial score (nSPS) is 12.4. The van der Waals surface area contributed by atoms with Crippen molar-refractivity contribution in [2.24, 2.45) is 11.5 Å². The van der Waals surface area contributed by atoms with Crippen molar-refractivity contribution in [3.8, 4) is 0 Å². The SMILES string of the molecule is NC(=O)CC(OCCI)C(N)=O. The molecule has 5 nitrogen and oxygen atoms in total. The number of ether oxygens (including phenoxy) is 1. The van der Waals surface area contributed by atoms with Crippen LogP contribution in [-0.4, -0.2) is 29.0 Å². The minimum absolute atomic E-state index is 0.147. The van der Waals surface area contributed by atoms with Crippen molar-refractivity contribution in [2.75, 3.05) is 11.0 Å². The molecule has 0 bridgehead atoms. The summed E-state index contributed by atoms with van der Waals surface area (Å²) in [7, 11) is 0. The maximum absolute atomic E-state index is 10.6. The van der Waals surface area contributed by atoms with Gasteiger partial charge in [-0.25, -0.2) is 0 Å². The number of carbonyl (C=O) groups is 2. The maximum atomic E-state index is 10.6. The molecule has 0 aliphatic carbocycles. The Kier molecular flexibility index (Phi) is 5.99. The van der Waals surface area contributed by atoms with Gasteiger partial charge in [-0.15, -0.1) is 0 Å². The number of carbonyl (C=O) groups excluding carboxylic acids is 2. The van der Waals surface area contributed by atoms with Crippen molar-refractivity contribution in [1.29, 1.82) is 0 Å². The predicted molar refractivity (Wildman–Crippen MR) is 51.6 cm³/mol. The van der Waals surface area contributed by atoms with Crippen LogP contribution in [0.4, 0.5) is 0 Å². The summed E-state index contributed by atoms with van der Waals surface area (Å²) in [5.74, 6) is -1.24. The molecule has 0 aliphatic heterocycles. The summed E-state index contributed by atoms with van der Waals surface area (Å²) in [5.41, 5.74) is 9.83. The summed E-state index contributed by atoms with van der Waals surface area (Å²) >= 11 is 2.08. The first kappa shape index (κ1) is 11.6. The molecule has 0 spiro atoms. The highest BCUT2D eigenvalue weighted by molar-refractivity contribution is 14.1. The Hall–Kier alpha value is -0.370. The minimum atomic E-state index is -0.878. The van der Waals surface area contributed by atoms with Gasteiger partial charge in [0, 0.05) is 4.43 Å². The molecule has 2 amide bonds. The van der Waals surface area contributed by atoms with Gasteiger partial charge in [-0.3, -0.25) is 9.59 Å². The van der Waals surface area contributed by atoms with Gasteiger partial charge in [-0.2, -0.15) is 0 Å². The molecule has 6 heteroatoms. The number of rotatable bonds is 6. The zero-order chi connectivity index (χ0) is 9.56. The third-order valence-corrected chi connectivity index (χ3v) is 1.54. The lowest BCUT2D eigenvalue weighted by molar-refractivity contribution is -0.134. The van der Waals surface area contributed by atoms with E-state index in [-0.39, 0.29) is 6.42 Å². The molecular formula is C6H11IN2O3. The zero-order valence-electron chi connectivity index (χ0n) is 6.46. The van der Waals surface area contributed by atoms with E-state index in [1.807, 2.05) is 0 Å². The van der Waals surface area contributed by atoms with Crippen LogP contribution >= 0.6 is 22.6 Å². The van der Waals surface area contributed by atoms with Crippen LogP contribution in [0.25, 0.3) is 0 Å². The Balaban J connectivity index is 3.87. The van der Waals surface area contributed by atoms with E-state index in [0.29, 0.717) is 6.61 Å². The van der Waals surface area contributed by atoms with Gasteiger partial charge in [-0.05, 0) is 0 Å². The predicted octanol–water partition coefficient (Wildman–Crippen LogP) is -0.833. The van der Waals surface area contributed by atoms with Crippen molar-refractivity contribution in [2.45, 2.75) is 12.5 Å². The second kappa shape index (κ2) is 6.18. The van der Waals surface area contributed by atoms with Crippen LogP contribution in [0.1, 0.15) is 6.42 Å². The molecule has 0 aromatic rings. The summed E-state index contributed by atoms with van der Waals surface area (Å²) in [6.07, 6.45) is -1.02. The van der Waals surface area contributed by atoms with Crippen molar-refractivity contribution in [3.63, 3.8) is 0 Å². The summed E-state index contributed by atoms with van der Waals surface area (Å²) in [5, 5.41) is 0. The summed E-state index contributed by atoms with van der Waals surface area (Å²) < 4.78 is 5.72. The van der Waals surface area contributed by atoms with Crippen LogP contribution in [-0.2, 0) is 14.3 Å². The number of amides is 2. The molecule has 0 saturated carbocycles. The second-order valence-electron chi connectivity index (χ2n) is 2.12.